The lowest BCUT2D eigenvalue weighted by atomic mass is 10.1. The fourth-order valence-electron chi connectivity index (χ4n) is 2.90. The zero-order chi connectivity index (χ0) is 19.2. The highest BCUT2D eigenvalue weighted by molar-refractivity contribution is 6.18. The van der Waals surface area contributed by atoms with Crippen LogP contribution in [0.15, 0.2) is 18.2 Å². The van der Waals surface area contributed by atoms with Crippen LogP contribution in [0.3, 0.4) is 0 Å². The molecule has 8 heteroatoms. The van der Waals surface area contributed by atoms with E-state index in [0.29, 0.717) is 18.3 Å². The highest BCUT2D eigenvalue weighted by Gasteiger charge is 2.10. The fraction of sp³-hybridized carbons (Fsp3) is 0.667. The molecule has 0 amide bonds. The van der Waals surface area contributed by atoms with Crippen LogP contribution < -0.4 is 21.0 Å². The van der Waals surface area contributed by atoms with Crippen molar-refractivity contribution in [2.75, 3.05) is 60.5 Å². The number of halogens is 2. The molecule has 150 valence electrons. The van der Waals surface area contributed by atoms with Gasteiger partial charge >= 0.3 is 0 Å². The van der Waals surface area contributed by atoms with Gasteiger partial charge in [-0.25, -0.2) is 5.26 Å². The zero-order valence-corrected chi connectivity index (χ0v) is 17.1. The molecule has 0 spiro atoms. The number of unbranched alkanes of at least 4 members (excludes halogenated alkanes) is 4. The van der Waals surface area contributed by atoms with Crippen LogP contribution in [0.25, 0.3) is 0 Å². The minimum absolute atomic E-state index is 0.557. The van der Waals surface area contributed by atoms with Crippen molar-refractivity contribution in [3.05, 3.63) is 18.2 Å². The Balaban J connectivity index is 2.43. The molecule has 0 aliphatic carbocycles. The van der Waals surface area contributed by atoms with E-state index in [0.717, 1.165) is 56.0 Å². The van der Waals surface area contributed by atoms with Crippen molar-refractivity contribution in [2.45, 2.75) is 32.1 Å². The second-order valence-electron chi connectivity index (χ2n) is 6.28. The molecule has 0 unspecified atom stereocenters. The molecule has 0 aliphatic rings. The summed E-state index contributed by atoms with van der Waals surface area (Å²) in [5.41, 5.74) is 11.6. The second kappa shape index (κ2) is 14.2. The maximum absolute atomic E-state index is 8.16. The van der Waals surface area contributed by atoms with Crippen molar-refractivity contribution >= 4 is 40.3 Å². The van der Waals surface area contributed by atoms with Crippen LogP contribution in [0.4, 0.5) is 17.1 Å². The summed E-state index contributed by atoms with van der Waals surface area (Å²) in [4.78, 5) is 8.18. The average Bonchev–Trinajstić information content (AvgIpc) is 2.63. The molecule has 0 saturated carbocycles. The first-order chi connectivity index (χ1) is 12.6. The van der Waals surface area contributed by atoms with Gasteiger partial charge < -0.3 is 15.5 Å². The van der Waals surface area contributed by atoms with E-state index in [1.54, 1.807) is 0 Å². The van der Waals surface area contributed by atoms with Gasteiger partial charge in [-0.1, -0.05) is 19.3 Å². The predicted octanol–water partition coefficient (Wildman–Crippen LogP) is 3.93. The van der Waals surface area contributed by atoms with Gasteiger partial charge in [0.1, 0.15) is 0 Å². The molecule has 0 aromatic heterocycles. The van der Waals surface area contributed by atoms with Gasteiger partial charge in [0.2, 0.25) is 0 Å². The van der Waals surface area contributed by atoms with E-state index in [4.69, 9.17) is 34.2 Å². The predicted molar refractivity (Wildman–Crippen MR) is 113 cm³/mol. The Kier molecular flexibility index (Phi) is 12.6. The third-order valence-electron chi connectivity index (χ3n) is 4.33. The van der Waals surface area contributed by atoms with Crippen LogP contribution in [0.1, 0.15) is 32.1 Å². The van der Waals surface area contributed by atoms with Crippen LogP contribution in [-0.4, -0.2) is 50.2 Å². The first kappa shape index (κ1) is 23.1. The molecular formula is C18H32Cl2N4O2. The van der Waals surface area contributed by atoms with Gasteiger partial charge in [0, 0.05) is 50.7 Å². The van der Waals surface area contributed by atoms with E-state index < -0.39 is 0 Å². The Morgan fingerprint density at radius 1 is 1.04 bits per heavy atom. The molecule has 1 rings (SSSR count). The highest BCUT2D eigenvalue weighted by Crippen LogP contribution is 2.28. The first-order valence-corrected chi connectivity index (χ1v) is 10.2. The third-order valence-corrected chi connectivity index (χ3v) is 4.67. The molecule has 0 aliphatic heterocycles. The van der Waals surface area contributed by atoms with E-state index >= 15 is 0 Å². The minimum atomic E-state index is 0.557. The standard InChI is InChI=1S/C18H32Cl2N4O2/c1-23(12-6-4-2-3-5-11-22-26-25)18-8-7-16(15-17(18)21)24(13-9-19)14-10-20/h7-8,15,22,25H,2-6,9-14,21H2,1H3. The Morgan fingerprint density at radius 3 is 2.31 bits per heavy atom. The van der Waals surface area contributed by atoms with Gasteiger partial charge in [-0.05, 0) is 31.0 Å². The summed E-state index contributed by atoms with van der Waals surface area (Å²) in [5, 5.41) is 8.16. The van der Waals surface area contributed by atoms with Crippen molar-refractivity contribution in [1.29, 1.82) is 0 Å². The van der Waals surface area contributed by atoms with E-state index in [9.17, 15) is 0 Å². The van der Waals surface area contributed by atoms with Gasteiger partial charge in [-0.15, -0.1) is 28.2 Å². The summed E-state index contributed by atoms with van der Waals surface area (Å²) in [6.45, 7) is 3.14. The maximum atomic E-state index is 8.16. The lowest BCUT2D eigenvalue weighted by Gasteiger charge is -2.26. The third kappa shape index (κ3) is 8.64. The number of nitrogens with zero attached hydrogens (tertiary/aromatic N) is 2. The van der Waals surface area contributed by atoms with Crippen LogP contribution in [-0.2, 0) is 4.99 Å². The Labute approximate surface area is 167 Å². The van der Waals surface area contributed by atoms with Crippen molar-refractivity contribution in [1.82, 2.24) is 5.48 Å². The number of anilines is 3. The van der Waals surface area contributed by atoms with Crippen molar-refractivity contribution < 1.29 is 10.2 Å². The Bertz CT molecular complexity index is 488. The summed E-state index contributed by atoms with van der Waals surface area (Å²) >= 11 is 11.8. The molecular weight excluding hydrogens is 375 g/mol. The molecule has 0 heterocycles. The molecule has 6 nitrogen and oxygen atoms in total. The second-order valence-corrected chi connectivity index (χ2v) is 7.04. The number of benzene rings is 1. The summed E-state index contributed by atoms with van der Waals surface area (Å²) in [6, 6.07) is 6.15. The number of alkyl halides is 2. The van der Waals surface area contributed by atoms with Crippen molar-refractivity contribution in [3.63, 3.8) is 0 Å². The zero-order valence-electron chi connectivity index (χ0n) is 15.6. The molecule has 0 atom stereocenters. The van der Waals surface area contributed by atoms with E-state index in [1.807, 2.05) is 6.07 Å². The average molecular weight is 407 g/mol. The maximum Gasteiger partial charge on any atom is 0.0598 e. The SMILES string of the molecule is CN(CCCCCCCNOO)c1ccc(N(CCCl)CCCl)cc1N. The molecule has 1 aromatic rings. The van der Waals surface area contributed by atoms with Gasteiger partial charge in [0.05, 0.1) is 11.4 Å². The van der Waals surface area contributed by atoms with E-state index in [2.05, 4.69) is 39.4 Å². The number of hydroxylamine groups is 1. The van der Waals surface area contributed by atoms with E-state index in [1.165, 1.54) is 12.8 Å². The lowest BCUT2D eigenvalue weighted by Crippen LogP contribution is -2.28. The van der Waals surface area contributed by atoms with Crippen LogP contribution in [0.5, 0.6) is 0 Å². The number of rotatable bonds is 15. The minimum Gasteiger partial charge on any atom is -0.397 e. The van der Waals surface area contributed by atoms with Gasteiger partial charge in [0.25, 0.3) is 0 Å². The van der Waals surface area contributed by atoms with Gasteiger partial charge in [-0.3, -0.25) is 0 Å². The molecule has 26 heavy (non-hydrogen) atoms. The summed E-state index contributed by atoms with van der Waals surface area (Å²) in [7, 11) is 2.07. The summed E-state index contributed by atoms with van der Waals surface area (Å²) in [6.07, 6.45) is 5.56. The molecule has 0 fully saturated rings. The molecule has 4 N–H and O–H groups in total. The van der Waals surface area contributed by atoms with Crippen LogP contribution in [0, 0.1) is 0 Å². The van der Waals surface area contributed by atoms with E-state index in [-0.39, 0.29) is 0 Å². The number of nitrogen functional groups attached to an aromatic ring is 1. The number of hydrogen-bond acceptors (Lipinski definition) is 6. The fourth-order valence-corrected chi connectivity index (χ4v) is 3.31. The number of nitrogens with one attached hydrogen (secondary N) is 1. The quantitative estimate of drug-likeness (QED) is 0.135. The van der Waals surface area contributed by atoms with Gasteiger partial charge in [-0.2, -0.15) is 5.48 Å². The monoisotopic (exact) mass is 406 g/mol. The molecule has 0 bridgehead atoms. The summed E-state index contributed by atoms with van der Waals surface area (Å²) in [5.74, 6) is 1.11. The number of hydrogen-bond donors (Lipinski definition) is 3. The molecule has 1 aromatic carbocycles. The topological polar surface area (TPSA) is 74.0 Å². The molecule has 0 radical (unpaired) electrons. The Hall–Kier alpha value is -0.920. The largest absolute Gasteiger partial charge is 0.397 e. The van der Waals surface area contributed by atoms with Crippen LogP contribution in [0.2, 0.25) is 0 Å². The smallest absolute Gasteiger partial charge is 0.0598 e. The summed E-state index contributed by atoms with van der Waals surface area (Å²) < 4.78 is 0. The molecule has 0 saturated heterocycles. The van der Waals surface area contributed by atoms with Gasteiger partial charge in [0.15, 0.2) is 0 Å². The Morgan fingerprint density at radius 2 is 1.69 bits per heavy atom. The number of nitrogens with two attached hydrogens (primary N) is 1. The lowest BCUT2D eigenvalue weighted by molar-refractivity contribution is -0.291. The van der Waals surface area contributed by atoms with Crippen LogP contribution >= 0.6 is 23.2 Å². The highest BCUT2D eigenvalue weighted by atomic mass is 35.5. The normalized spacial score (nSPS) is 10.9. The van der Waals surface area contributed by atoms with Crippen molar-refractivity contribution in [2.24, 2.45) is 0 Å². The first-order valence-electron chi connectivity index (χ1n) is 9.14. The van der Waals surface area contributed by atoms with Crippen molar-refractivity contribution in [3.8, 4) is 0 Å².